The summed E-state index contributed by atoms with van der Waals surface area (Å²) >= 11 is 1.99. The van der Waals surface area contributed by atoms with Crippen molar-refractivity contribution < 1.29 is 4.74 Å². The molecule has 1 aliphatic heterocycles. The Hall–Kier alpha value is -0.670. The fourth-order valence-corrected chi connectivity index (χ4v) is 3.13. The van der Waals surface area contributed by atoms with E-state index in [-0.39, 0.29) is 5.60 Å². The molecule has 0 spiro atoms. The molecular formula is C16H25NOS. The van der Waals surface area contributed by atoms with Gasteiger partial charge in [0, 0.05) is 24.8 Å². The van der Waals surface area contributed by atoms with Crippen LogP contribution in [0.3, 0.4) is 0 Å². The molecule has 0 aliphatic carbocycles. The molecule has 0 saturated heterocycles. The van der Waals surface area contributed by atoms with Crippen LogP contribution in [0.1, 0.15) is 38.8 Å². The second-order valence-corrected chi connectivity index (χ2v) is 7.24. The Morgan fingerprint density at radius 1 is 1.42 bits per heavy atom. The first kappa shape index (κ1) is 14.7. The van der Waals surface area contributed by atoms with Crippen molar-refractivity contribution in [1.82, 2.24) is 5.32 Å². The summed E-state index contributed by atoms with van der Waals surface area (Å²) in [5.41, 5.74) is 2.66. The van der Waals surface area contributed by atoms with Gasteiger partial charge in [0.1, 0.15) is 11.4 Å². The standard InChI is InChI=1S/C16H25NOS/c1-5-19-11-12(2)17-10-13-6-7-15-14(8-13)9-16(3,4)18-15/h6-8,12,17H,5,9-11H2,1-4H3. The molecule has 0 amide bonds. The van der Waals surface area contributed by atoms with Gasteiger partial charge in [-0.15, -0.1) is 0 Å². The fraction of sp³-hybridized carbons (Fsp3) is 0.625. The molecule has 3 heteroatoms. The smallest absolute Gasteiger partial charge is 0.123 e. The predicted molar refractivity (Wildman–Crippen MR) is 84.2 cm³/mol. The van der Waals surface area contributed by atoms with E-state index >= 15 is 0 Å². The molecule has 0 bridgehead atoms. The van der Waals surface area contributed by atoms with Gasteiger partial charge in [-0.25, -0.2) is 0 Å². The van der Waals surface area contributed by atoms with Gasteiger partial charge in [0.15, 0.2) is 0 Å². The molecule has 1 unspecified atom stereocenters. The Balaban J connectivity index is 1.90. The zero-order valence-electron chi connectivity index (χ0n) is 12.5. The molecule has 1 aromatic rings. The quantitative estimate of drug-likeness (QED) is 0.859. The fourth-order valence-electron chi connectivity index (χ4n) is 2.42. The minimum atomic E-state index is -0.0422. The summed E-state index contributed by atoms with van der Waals surface area (Å²) in [6.45, 7) is 9.70. The lowest BCUT2D eigenvalue weighted by Crippen LogP contribution is -2.27. The lowest BCUT2D eigenvalue weighted by Gasteiger charge is -2.16. The van der Waals surface area contributed by atoms with Crippen molar-refractivity contribution in [1.29, 1.82) is 0 Å². The van der Waals surface area contributed by atoms with Gasteiger partial charge in [-0.1, -0.05) is 19.1 Å². The summed E-state index contributed by atoms with van der Waals surface area (Å²) in [5.74, 6) is 3.43. The molecule has 2 rings (SSSR count). The van der Waals surface area contributed by atoms with Crippen LogP contribution in [0.15, 0.2) is 18.2 Å². The molecule has 1 aromatic carbocycles. The summed E-state index contributed by atoms with van der Waals surface area (Å²) < 4.78 is 5.90. The molecule has 0 saturated carbocycles. The molecule has 1 aliphatic rings. The SMILES string of the molecule is CCSCC(C)NCc1ccc2c(c1)CC(C)(C)O2. The Bertz CT molecular complexity index is 431. The van der Waals surface area contributed by atoms with Crippen LogP contribution in [0, 0.1) is 0 Å². The number of ether oxygens (including phenoxy) is 1. The van der Waals surface area contributed by atoms with Gasteiger partial charge in [0.2, 0.25) is 0 Å². The van der Waals surface area contributed by atoms with Crippen LogP contribution in [-0.4, -0.2) is 23.1 Å². The summed E-state index contributed by atoms with van der Waals surface area (Å²) in [6.07, 6.45) is 1.01. The van der Waals surface area contributed by atoms with E-state index in [4.69, 9.17) is 4.74 Å². The van der Waals surface area contributed by atoms with Crippen molar-refractivity contribution in [2.75, 3.05) is 11.5 Å². The van der Waals surface area contributed by atoms with E-state index in [1.54, 1.807) is 0 Å². The Kier molecular flexibility index (Phi) is 4.80. The van der Waals surface area contributed by atoms with Gasteiger partial charge < -0.3 is 10.1 Å². The van der Waals surface area contributed by atoms with Crippen molar-refractivity contribution >= 4 is 11.8 Å². The van der Waals surface area contributed by atoms with Gasteiger partial charge in [-0.05, 0) is 43.7 Å². The summed E-state index contributed by atoms with van der Waals surface area (Å²) in [7, 11) is 0. The van der Waals surface area contributed by atoms with E-state index in [1.165, 1.54) is 22.6 Å². The number of nitrogens with one attached hydrogen (secondary N) is 1. The van der Waals surface area contributed by atoms with Gasteiger partial charge in [0.05, 0.1) is 0 Å². The molecule has 1 heterocycles. The second kappa shape index (κ2) is 6.19. The topological polar surface area (TPSA) is 21.3 Å². The summed E-state index contributed by atoms with van der Waals surface area (Å²) in [6, 6.07) is 7.14. The van der Waals surface area contributed by atoms with Crippen LogP contribution in [0.5, 0.6) is 5.75 Å². The molecular weight excluding hydrogens is 254 g/mol. The van der Waals surface area contributed by atoms with Crippen molar-refractivity contribution in [3.63, 3.8) is 0 Å². The molecule has 0 fully saturated rings. The van der Waals surface area contributed by atoms with Crippen LogP contribution in [0.4, 0.5) is 0 Å². The minimum Gasteiger partial charge on any atom is -0.487 e. The monoisotopic (exact) mass is 279 g/mol. The molecule has 1 atom stereocenters. The zero-order valence-corrected chi connectivity index (χ0v) is 13.3. The highest BCUT2D eigenvalue weighted by molar-refractivity contribution is 7.99. The first-order valence-corrected chi connectivity index (χ1v) is 8.27. The maximum atomic E-state index is 5.90. The number of hydrogen-bond acceptors (Lipinski definition) is 3. The Labute approximate surface area is 121 Å². The average molecular weight is 279 g/mol. The lowest BCUT2D eigenvalue weighted by molar-refractivity contribution is 0.138. The summed E-state index contributed by atoms with van der Waals surface area (Å²) in [5, 5.41) is 3.58. The van der Waals surface area contributed by atoms with E-state index in [2.05, 4.69) is 51.2 Å². The van der Waals surface area contributed by atoms with Crippen molar-refractivity contribution in [2.24, 2.45) is 0 Å². The van der Waals surface area contributed by atoms with Crippen LogP contribution >= 0.6 is 11.8 Å². The van der Waals surface area contributed by atoms with E-state index in [0.29, 0.717) is 6.04 Å². The van der Waals surface area contributed by atoms with Gasteiger partial charge >= 0.3 is 0 Å². The van der Waals surface area contributed by atoms with Crippen molar-refractivity contribution in [2.45, 2.75) is 52.3 Å². The molecule has 106 valence electrons. The van der Waals surface area contributed by atoms with Crippen LogP contribution in [-0.2, 0) is 13.0 Å². The first-order chi connectivity index (χ1) is 9.00. The molecule has 19 heavy (non-hydrogen) atoms. The average Bonchev–Trinajstić information content (AvgIpc) is 2.66. The van der Waals surface area contributed by atoms with E-state index in [9.17, 15) is 0 Å². The van der Waals surface area contributed by atoms with E-state index in [1.807, 2.05) is 11.8 Å². The van der Waals surface area contributed by atoms with Crippen molar-refractivity contribution in [3.05, 3.63) is 29.3 Å². The Morgan fingerprint density at radius 2 is 2.21 bits per heavy atom. The highest BCUT2D eigenvalue weighted by atomic mass is 32.2. The minimum absolute atomic E-state index is 0.0422. The number of benzene rings is 1. The predicted octanol–water partition coefficient (Wildman–Crippen LogP) is 3.63. The van der Waals surface area contributed by atoms with Crippen LogP contribution in [0.2, 0.25) is 0 Å². The van der Waals surface area contributed by atoms with E-state index in [0.717, 1.165) is 18.7 Å². The highest BCUT2D eigenvalue weighted by Crippen LogP contribution is 2.35. The normalized spacial score (nSPS) is 17.9. The first-order valence-electron chi connectivity index (χ1n) is 7.12. The van der Waals surface area contributed by atoms with Crippen LogP contribution in [0.25, 0.3) is 0 Å². The maximum absolute atomic E-state index is 5.90. The third-order valence-corrected chi connectivity index (χ3v) is 4.50. The Morgan fingerprint density at radius 3 is 2.95 bits per heavy atom. The third kappa shape index (κ3) is 4.15. The van der Waals surface area contributed by atoms with Gasteiger partial charge in [0.25, 0.3) is 0 Å². The van der Waals surface area contributed by atoms with E-state index < -0.39 is 0 Å². The largest absolute Gasteiger partial charge is 0.487 e. The highest BCUT2D eigenvalue weighted by Gasteiger charge is 2.29. The molecule has 0 radical (unpaired) electrons. The molecule has 1 N–H and O–H groups in total. The molecule has 0 aromatic heterocycles. The van der Waals surface area contributed by atoms with Crippen molar-refractivity contribution in [3.8, 4) is 5.75 Å². The van der Waals surface area contributed by atoms with Gasteiger partial charge in [-0.3, -0.25) is 0 Å². The lowest BCUT2D eigenvalue weighted by atomic mass is 10.0. The summed E-state index contributed by atoms with van der Waals surface area (Å²) in [4.78, 5) is 0. The maximum Gasteiger partial charge on any atom is 0.123 e. The van der Waals surface area contributed by atoms with Crippen LogP contribution < -0.4 is 10.1 Å². The number of thioether (sulfide) groups is 1. The number of hydrogen-bond donors (Lipinski definition) is 1. The third-order valence-electron chi connectivity index (χ3n) is 3.35. The molecule has 2 nitrogen and oxygen atoms in total. The number of rotatable bonds is 6. The van der Waals surface area contributed by atoms with Gasteiger partial charge in [-0.2, -0.15) is 11.8 Å². The number of fused-ring (bicyclic) bond motifs is 1. The second-order valence-electron chi connectivity index (χ2n) is 5.92. The zero-order chi connectivity index (χ0) is 13.9.